The Morgan fingerprint density at radius 2 is 1.63 bits per heavy atom. The number of halogens is 2. The average molecular weight is 419 g/mol. The molecule has 0 saturated carbocycles. The first-order valence-corrected chi connectivity index (χ1v) is 9.91. The third kappa shape index (κ3) is 6.70. The number of quaternary nitrogens is 2. The van der Waals surface area contributed by atoms with Crippen LogP contribution in [0, 0.1) is 0 Å². The van der Waals surface area contributed by atoms with Gasteiger partial charge >= 0.3 is 0 Å². The Bertz CT molecular complexity index is 540. The second-order valence-electron chi connectivity index (χ2n) is 9.20. The van der Waals surface area contributed by atoms with Crippen molar-refractivity contribution in [3.63, 3.8) is 0 Å². The summed E-state index contributed by atoms with van der Waals surface area (Å²) in [6, 6.07) is 9.04. The SMILES string of the molecule is CCCCCC([N+](C)(C)C)[N+](C)(C)C1CCN(c2ccc(N)cc2)C1.[Cl-].[Cl-]. The van der Waals surface area contributed by atoms with Crippen LogP contribution in [-0.2, 0) is 0 Å². The van der Waals surface area contributed by atoms with Gasteiger partial charge in [0.05, 0.1) is 48.2 Å². The highest BCUT2D eigenvalue weighted by Gasteiger charge is 2.46. The van der Waals surface area contributed by atoms with Crippen LogP contribution < -0.4 is 35.4 Å². The van der Waals surface area contributed by atoms with Crippen molar-refractivity contribution in [2.45, 2.75) is 51.2 Å². The normalized spacial score (nSPS) is 18.6. The molecule has 0 radical (unpaired) electrons. The fourth-order valence-electron chi connectivity index (χ4n) is 4.64. The van der Waals surface area contributed by atoms with Gasteiger partial charge < -0.3 is 35.4 Å². The van der Waals surface area contributed by atoms with Crippen LogP contribution >= 0.6 is 0 Å². The maximum absolute atomic E-state index is 5.84. The summed E-state index contributed by atoms with van der Waals surface area (Å²) in [5.74, 6) is 0. The predicted octanol–water partition coefficient (Wildman–Crippen LogP) is -2.46. The molecule has 2 rings (SSSR count). The molecule has 158 valence electrons. The molecule has 0 spiro atoms. The Balaban J connectivity index is 0.00000338. The molecule has 1 aromatic carbocycles. The van der Waals surface area contributed by atoms with Gasteiger partial charge in [-0.2, -0.15) is 0 Å². The third-order valence-corrected chi connectivity index (χ3v) is 6.09. The van der Waals surface area contributed by atoms with E-state index in [1.807, 2.05) is 12.1 Å². The number of rotatable bonds is 8. The smallest absolute Gasteiger partial charge is 0.215 e. The van der Waals surface area contributed by atoms with Gasteiger partial charge in [-0.05, 0) is 30.7 Å². The Hall–Kier alpha value is -0.680. The molecule has 2 atom stereocenters. The second-order valence-corrected chi connectivity index (χ2v) is 9.20. The van der Waals surface area contributed by atoms with Crippen LogP contribution in [0.3, 0.4) is 0 Å². The molecule has 0 aliphatic carbocycles. The van der Waals surface area contributed by atoms with Gasteiger partial charge in [0.1, 0.15) is 6.04 Å². The van der Waals surface area contributed by atoms with Crippen molar-refractivity contribution in [2.75, 3.05) is 59.0 Å². The number of unbranched alkanes of at least 4 members (excludes halogenated alkanes) is 2. The molecule has 0 aromatic heterocycles. The lowest BCUT2D eigenvalue weighted by Gasteiger charge is -2.48. The van der Waals surface area contributed by atoms with E-state index in [4.69, 9.17) is 5.73 Å². The van der Waals surface area contributed by atoms with Gasteiger partial charge in [0, 0.05) is 24.3 Å². The van der Waals surface area contributed by atoms with Gasteiger partial charge in [-0.15, -0.1) is 0 Å². The Morgan fingerprint density at radius 1 is 1.04 bits per heavy atom. The molecule has 2 N–H and O–H groups in total. The molecule has 1 heterocycles. The van der Waals surface area contributed by atoms with Crippen LogP contribution in [0.1, 0.15) is 39.0 Å². The molecular formula is C21H40Cl2N4. The van der Waals surface area contributed by atoms with E-state index >= 15 is 0 Å². The van der Waals surface area contributed by atoms with Gasteiger partial charge in [-0.3, -0.25) is 8.97 Å². The van der Waals surface area contributed by atoms with Gasteiger partial charge in [-0.25, -0.2) is 0 Å². The van der Waals surface area contributed by atoms with E-state index in [-0.39, 0.29) is 24.8 Å². The summed E-state index contributed by atoms with van der Waals surface area (Å²) in [4.78, 5) is 2.53. The standard InChI is InChI=1S/C21H40N4.2ClH/c1-7-8-9-10-21(24(2,3)4)25(5,6)20-15-16-23(17-20)19-13-11-18(22)12-14-19;;/h11-14,20-21H,7-10,15-17,22H2,1-6H3;2*1H/q+2;;/p-2. The van der Waals surface area contributed by atoms with Gasteiger partial charge in [0.15, 0.2) is 0 Å². The summed E-state index contributed by atoms with van der Waals surface area (Å²) >= 11 is 0. The fraction of sp³-hybridized carbons (Fsp3) is 0.714. The number of likely N-dealkylation sites (N-methyl/N-ethyl adjacent to an activating group) is 1. The third-order valence-electron chi connectivity index (χ3n) is 6.09. The molecule has 0 amide bonds. The van der Waals surface area contributed by atoms with Crippen LogP contribution in [0.4, 0.5) is 11.4 Å². The van der Waals surface area contributed by atoms with Crippen molar-refractivity contribution in [2.24, 2.45) is 0 Å². The van der Waals surface area contributed by atoms with Crippen molar-refractivity contribution in [1.29, 1.82) is 0 Å². The van der Waals surface area contributed by atoms with Crippen LogP contribution in [0.2, 0.25) is 0 Å². The minimum Gasteiger partial charge on any atom is -1.00 e. The van der Waals surface area contributed by atoms with Crippen molar-refractivity contribution in [3.05, 3.63) is 24.3 Å². The van der Waals surface area contributed by atoms with E-state index in [0.717, 1.165) is 27.7 Å². The molecule has 1 aliphatic rings. The zero-order valence-electron chi connectivity index (χ0n) is 18.1. The molecular weight excluding hydrogens is 379 g/mol. The highest BCUT2D eigenvalue weighted by molar-refractivity contribution is 5.53. The molecule has 1 saturated heterocycles. The first-order chi connectivity index (χ1) is 11.7. The second kappa shape index (κ2) is 10.8. The summed E-state index contributed by atoms with van der Waals surface area (Å²) < 4.78 is 2.15. The molecule has 1 aliphatic heterocycles. The summed E-state index contributed by atoms with van der Waals surface area (Å²) in [5.41, 5.74) is 8.00. The maximum atomic E-state index is 5.84. The first-order valence-electron chi connectivity index (χ1n) is 9.91. The number of nitrogen functional groups attached to an aromatic ring is 1. The Morgan fingerprint density at radius 3 is 2.15 bits per heavy atom. The molecule has 0 bridgehead atoms. The van der Waals surface area contributed by atoms with E-state index in [0.29, 0.717) is 12.2 Å². The Kier molecular flexibility index (Phi) is 10.5. The van der Waals surface area contributed by atoms with Crippen LogP contribution in [0.25, 0.3) is 0 Å². The molecule has 4 nitrogen and oxygen atoms in total. The number of benzene rings is 1. The highest BCUT2D eigenvalue weighted by Crippen LogP contribution is 2.31. The van der Waals surface area contributed by atoms with E-state index in [9.17, 15) is 0 Å². The van der Waals surface area contributed by atoms with E-state index in [1.165, 1.54) is 37.8 Å². The average Bonchev–Trinajstić information content (AvgIpc) is 3.01. The lowest BCUT2D eigenvalue weighted by Crippen LogP contribution is -3.00. The largest absolute Gasteiger partial charge is 1.00 e. The topological polar surface area (TPSA) is 29.3 Å². The molecule has 6 heteroatoms. The van der Waals surface area contributed by atoms with Crippen molar-refractivity contribution in [1.82, 2.24) is 0 Å². The molecule has 1 aromatic rings. The quantitative estimate of drug-likeness (QED) is 0.219. The lowest BCUT2D eigenvalue weighted by molar-refractivity contribution is -1.11. The summed E-state index contributed by atoms with van der Waals surface area (Å²) in [6.45, 7) is 4.58. The van der Waals surface area contributed by atoms with Crippen molar-refractivity contribution in [3.8, 4) is 0 Å². The molecule has 1 fully saturated rings. The lowest BCUT2D eigenvalue weighted by atomic mass is 10.1. The number of nitrogens with two attached hydrogens (primary N) is 1. The van der Waals surface area contributed by atoms with Gasteiger partial charge in [0.25, 0.3) is 0 Å². The van der Waals surface area contributed by atoms with E-state index in [1.54, 1.807) is 0 Å². The van der Waals surface area contributed by atoms with Gasteiger partial charge in [0.2, 0.25) is 6.17 Å². The number of hydrogen-bond donors (Lipinski definition) is 1. The number of hydrogen-bond acceptors (Lipinski definition) is 2. The zero-order chi connectivity index (χ0) is 18.7. The van der Waals surface area contributed by atoms with Crippen LogP contribution in [0.15, 0.2) is 24.3 Å². The van der Waals surface area contributed by atoms with E-state index < -0.39 is 0 Å². The first kappa shape index (κ1) is 26.3. The number of nitrogens with zero attached hydrogens (tertiary/aromatic N) is 3. The zero-order valence-corrected chi connectivity index (χ0v) is 19.6. The van der Waals surface area contributed by atoms with Crippen LogP contribution in [-0.4, -0.2) is 69.5 Å². The van der Waals surface area contributed by atoms with Crippen LogP contribution in [0.5, 0.6) is 0 Å². The summed E-state index contributed by atoms with van der Waals surface area (Å²) in [7, 11) is 12.0. The molecule has 2 unspecified atom stereocenters. The summed E-state index contributed by atoms with van der Waals surface area (Å²) in [6.07, 6.45) is 7.20. The van der Waals surface area contributed by atoms with Crippen molar-refractivity contribution < 1.29 is 33.8 Å². The van der Waals surface area contributed by atoms with E-state index in [2.05, 4.69) is 59.2 Å². The predicted molar refractivity (Wildman–Crippen MR) is 110 cm³/mol. The minimum absolute atomic E-state index is 0. The fourth-order valence-corrected chi connectivity index (χ4v) is 4.64. The summed E-state index contributed by atoms with van der Waals surface area (Å²) in [5, 5.41) is 0. The monoisotopic (exact) mass is 418 g/mol. The number of anilines is 2. The molecule has 27 heavy (non-hydrogen) atoms. The maximum Gasteiger partial charge on any atom is 0.215 e. The minimum atomic E-state index is 0. The Labute approximate surface area is 179 Å². The van der Waals surface area contributed by atoms with Crippen molar-refractivity contribution >= 4 is 11.4 Å². The van der Waals surface area contributed by atoms with Gasteiger partial charge in [-0.1, -0.05) is 19.8 Å². The highest BCUT2D eigenvalue weighted by atomic mass is 35.5.